The van der Waals surface area contributed by atoms with Gasteiger partial charge in [0.05, 0.1) is 5.41 Å². The van der Waals surface area contributed by atoms with Crippen molar-refractivity contribution < 1.29 is 4.79 Å². The average Bonchev–Trinajstić information content (AvgIpc) is 2.38. The zero-order valence-corrected chi connectivity index (χ0v) is 12.6. The number of halogens is 2. The third-order valence-corrected chi connectivity index (χ3v) is 3.91. The van der Waals surface area contributed by atoms with E-state index < -0.39 is 0 Å². The Hall–Kier alpha value is -0.770. The van der Waals surface area contributed by atoms with E-state index in [1.807, 2.05) is 31.2 Å². The smallest absolute Gasteiger partial charge is 0.227 e. The van der Waals surface area contributed by atoms with Crippen molar-refractivity contribution in [3.8, 4) is 0 Å². The molecule has 0 aromatic heterocycles. The maximum absolute atomic E-state index is 12.2. The number of rotatable bonds is 3. The first kappa shape index (κ1) is 16.3. The minimum Gasteiger partial charge on any atom is -0.351 e. The summed E-state index contributed by atoms with van der Waals surface area (Å²) in [5.74, 6) is 0.106. The molecular weight excluding hydrogens is 283 g/mol. The lowest BCUT2D eigenvalue weighted by atomic mass is 9.82. The third kappa shape index (κ3) is 4.10. The summed E-state index contributed by atoms with van der Waals surface area (Å²) in [6.45, 7) is 4.27. The van der Waals surface area contributed by atoms with Crippen LogP contribution in [0.25, 0.3) is 0 Å². The summed E-state index contributed by atoms with van der Waals surface area (Å²) in [6, 6.07) is 7.59. The van der Waals surface area contributed by atoms with Crippen molar-refractivity contribution in [2.24, 2.45) is 5.41 Å². The van der Waals surface area contributed by atoms with E-state index in [2.05, 4.69) is 10.6 Å². The van der Waals surface area contributed by atoms with Gasteiger partial charge in [0.1, 0.15) is 0 Å². The summed E-state index contributed by atoms with van der Waals surface area (Å²) in [6.07, 6.45) is 1.99. The summed E-state index contributed by atoms with van der Waals surface area (Å²) >= 11 is 6.06. The van der Waals surface area contributed by atoms with E-state index in [0.717, 1.165) is 31.5 Å². The lowest BCUT2D eigenvalue weighted by molar-refractivity contribution is -0.131. The van der Waals surface area contributed by atoms with Gasteiger partial charge in [0, 0.05) is 18.1 Å². The first-order valence-corrected chi connectivity index (χ1v) is 6.72. The Bertz CT molecular complexity index is 431. The molecular formula is C14H20Cl2N2O. The number of carbonyl (C=O) groups is 1. The van der Waals surface area contributed by atoms with E-state index >= 15 is 0 Å². The molecule has 0 radical (unpaired) electrons. The highest BCUT2D eigenvalue weighted by Gasteiger charge is 2.34. The molecule has 1 atom stereocenters. The Kier molecular flexibility index (Phi) is 6.11. The second kappa shape index (κ2) is 7.13. The summed E-state index contributed by atoms with van der Waals surface area (Å²) in [5.41, 5.74) is 0.666. The van der Waals surface area contributed by atoms with Crippen LogP contribution >= 0.6 is 24.0 Å². The van der Waals surface area contributed by atoms with Gasteiger partial charge in [0.2, 0.25) is 5.91 Å². The number of hydrogen-bond acceptors (Lipinski definition) is 2. The lowest BCUT2D eigenvalue weighted by Gasteiger charge is -2.32. The second-order valence-corrected chi connectivity index (χ2v) is 5.52. The Balaban J connectivity index is 0.00000180. The first-order chi connectivity index (χ1) is 8.62. The fraction of sp³-hybridized carbons (Fsp3) is 0.500. The van der Waals surface area contributed by atoms with Gasteiger partial charge in [-0.05, 0) is 37.9 Å². The first-order valence-electron chi connectivity index (χ1n) is 6.34. The van der Waals surface area contributed by atoms with Crippen LogP contribution in [0.3, 0.4) is 0 Å². The van der Waals surface area contributed by atoms with Crippen LogP contribution in [0.4, 0.5) is 0 Å². The van der Waals surface area contributed by atoms with Gasteiger partial charge in [0.15, 0.2) is 0 Å². The quantitative estimate of drug-likeness (QED) is 0.901. The molecule has 1 aromatic carbocycles. The molecule has 1 saturated heterocycles. The van der Waals surface area contributed by atoms with E-state index in [4.69, 9.17) is 11.6 Å². The monoisotopic (exact) mass is 302 g/mol. The molecule has 1 amide bonds. The predicted octanol–water partition coefficient (Wildman–Crippen LogP) is 2.77. The Morgan fingerprint density at radius 1 is 1.47 bits per heavy atom. The molecule has 2 rings (SSSR count). The van der Waals surface area contributed by atoms with E-state index in [9.17, 15) is 4.79 Å². The van der Waals surface area contributed by atoms with Crippen LogP contribution in [-0.4, -0.2) is 19.0 Å². The molecule has 1 fully saturated rings. The van der Waals surface area contributed by atoms with Crippen molar-refractivity contribution in [3.63, 3.8) is 0 Å². The van der Waals surface area contributed by atoms with Crippen LogP contribution in [0.15, 0.2) is 24.3 Å². The maximum atomic E-state index is 12.2. The van der Waals surface area contributed by atoms with E-state index in [-0.39, 0.29) is 23.7 Å². The molecule has 106 valence electrons. The third-order valence-electron chi connectivity index (χ3n) is 3.54. The van der Waals surface area contributed by atoms with Gasteiger partial charge in [0.25, 0.3) is 0 Å². The molecule has 1 aromatic rings. The van der Waals surface area contributed by atoms with E-state index in [1.54, 1.807) is 0 Å². The summed E-state index contributed by atoms with van der Waals surface area (Å²) in [7, 11) is 0. The molecule has 1 heterocycles. The van der Waals surface area contributed by atoms with Gasteiger partial charge in [-0.1, -0.05) is 29.8 Å². The van der Waals surface area contributed by atoms with Crippen molar-refractivity contribution in [2.75, 3.05) is 13.1 Å². The SMILES string of the molecule is CC1(C(=O)NCc2ccccc2Cl)CCCNC1.Cl. The standard InChI is InChI=1S/C14H19ClN2O.ClH/c1-14(7-4-8-16-10-14)13(18)17-9-11-5-2-3-6-12(11)15;/h2-3,5-6,16H,4,7-10H2,1H3,(H,17,18);1H. The predicted molar refractivity (Wildman–Crippen MR) is 80.8 cm³/mol. The fourth-order valence-electron chi connectivity index (χ4n) is 2.28. The normalized spacial score (nSPS) is 22.4. The molecule has 0 saturated carbocycles. The Morgan fingerprint density at radius 3 is 2.84 bits per heavy atom. The molecule has 19 heavy (non-hydrogen) atoms. The van der Waals surface area contributed by atoms with Crippen LogP contribution < -0.4 is 10.6 Å². The number of benzene rings is 1. The number of hydrogen-bond donors (Lipinski definition) is 2. The summed E-state index contributed by atoms with van der Waals surface area (Å²) in [5, 5.41) is 6.96. The number of nitrogens with one attached hydrogen (secondary N) is 2. The molecule has 0 bridgehead atoms. The molecule has 3 nitrogen and oxygen atoms in total. The van der Waals surface area contributed by atoms with Crippen molar-refractivity contribution in [2.45, 2.75) is 26.3 Å². The fourth-order valence-corrected chi connectivity index (χ4v) is 2.48. The van der Waals surface area contributed by atoms with Gasteiger partial charge in [-0.25, -0.2) is 0 Å². The van der Waals surface area contributed by atoms with Crippen molar-refractivity contribution >= 4 is 29.9 Å². The summed E-state index contributed by atoms with van der Waals surface area (Å²) in [4.78, 5) is 12.2. The Labute approximate surface area is 125 Å². The minimum absolute atomic E-state index is 0. The van der Waals surface area contributed by atoms with Crippen molar-refractivity contribution in [3.05, 3.63) is 34.9 Å². The van der Waals surface area contributed by atoms with E-state index in [0.29, 0.717) is 11.6 Å². The van der Waals surface area contributed by atoms with Gasteiger partial charge < -0.3 is 10.6 Å². The van der Waals surface area contributed by atoms with Gasteiger partial charge in [-0.15, -0.1) is 12.4 Å². The van der Waals surface area contributed by atoms with Gasteiger partial charge in [-0.3, -0.25) is 4.79 Å². The molecule has 1 aliphatic heterocycles. The Morgan fingerprint density at radius 2 is 2.21 bits per heavy atom. The summed E-state index contributed by atoms with van der Waals surface area (Å²) < 4.78 is 0. The van der Waals surface area contributed by atoms with Crippen LogP contribution in [0.1, 0.15) is 25.3 Å². The molecule has 0 spiro atoms. The topological polar surface area (TPSA) is 41.1 Å². The number of carbonyl (C=O) groups excluding carboxylic acids is 1. The van der Waals surface area contributed by atoms with Gasteiger partial charge in [-0.2, -0.15) is 0 Å². The molecule has 1 unspecified atom stereocenters. The molecule has 1 aliphatic rings. The highest BCUT2D eigenvalue weighted by molar-refractivity contribution is 6.31. The lowest BCUT2D eigenvalue weighted by Crippen LogP contribution is -2.48. The number of piperidine rings is 1. The second-order valence-electron chi connectivity index (χ2n) is 5.12. The largest absolute Gasteiger partial charge is 0.351 e. The molecule has 5 heteroatoms. The van der Waals surface area contributed by atoms with Crippen molar-refractivity contribution in [1.29, 1.82) is 0 Å². The molecule has 2 N–H and O–H groups in total. The minimum atomic E-state index is -0.292. The zero-order valence-electron chi connectivity index (χ0n) is 11.0. The van der Waals surface area contributed by atoms with Crippen LogP contribution in [0.2, 0.25) is 5.02 Å². The van der Waals surface area contributed by atoms with Crippen molar-refractivity contribution in [1.82, 2.24) is 10.6 Å². The highest BCUT2D eigenvalue weighted by atomic mass is 35.5. The number of amides is 1. The maximum Gasteiger partial charge on any atom is 0.227 e. The van der Waals surface area contributed by atoms with E-state index in [1.165, 1.54) is 0 Å². The highest BCUT2D eigenvalue weighted by Crippen LogP contribution is 2.25. The van der Waals surface area contributed by atoms with Crippen LogP contribution in [-0.2, 0) is 11.3 Å². The van der Waals surface area contributed by atoms with Crippen LogP contribution in [0.5, 0.6) is 0 Å². The zero-order chi connectivity index (χ0) is 13.0. The van der Waals surface area contributed by atoms with Gasteiger partial charge >= 0.3 is 0 Å². The molecule has 0 aliphatic carbocycles. The van der Waals surface area contributed by atoms with Crippen LogP contribution in [0, 0.1) is 5.41 Å². The average molecular weight is 303 g/mol.